The van der Waals surface area contributed by atoms with Crippen molar-refractivity contribution < 1.29 is 9.59 Å². The second kappa shape index (κ2) is 9.01. The molecule has 0 spiro atoms. The van der Waals surface area contributed by atoms with Gasteiger partial charge in [-0.25, -0.2) is 4.98 Å². The Kier molecular flexibility index (Phi) is 6.76. The molecule has 2 N–H and O–H groups in total. The number of aromatic nitrogens is 2. The minimum atomic E-state index is -0.683. The van der Waals surface area contributed by atoms with E-state index in [2.05, 4.69) is 20.1 Å². The summed E-state index contributed by atoms with van der Waals surface area (Å²) in [4.78, 5) is 32.8. The fourth-order valence-electron chi connectivity index (χ4n) is 3.94. The average molecular weight is 446 g/mol. The van der Waals surface area contributed by atoms with E-state index in [0.29, 0.717) is 23.1 Å². The monoisotopic (exact) mass is 445 g/mol. The summed E-state index contributed by atoms with van der Waals surface area (Å²) in [5, 5.41) is 6.17. The molecule has 0 unspecified atom stereocenters. The van der Waals surface area contributed by atoms with Crippen LogP contribution in [-0.4, -0.2) is 52.9 Å². The number of carbonyl (C=O) groups is 2. The van der Waals surface area contributed by atoms with E-state index in [0.717, 1.165) is 36.3 Å². The summed E-state index contributed by atoms with van der Waals surface area (Å²) in [5.74, 6) is 0.110. The van der Waals surface area contributed by atoms with Crippen molar-refractivity contribution in [2.24, 2.45) is 5.41 Å². The van der Waals surface area contributed by atoms with E-state index in [-0.39, 0.29) is 11.8 Å². The van der Waals surface area contributed by atoms with Crippen LogP contribution in [0.4, 0.5) is 0 Å². The predicted octanol–water partition coefficient (Wildman–Crippen LogP) is 3.24. The van der Waals surface area contributed by atoms with Crippen LogP contribution in [0.5, 0.6) is 0 Å². The van der Waals surface area contributed by atoms with Crippen molar-refractivity contribution in [3.05, 3.63) is 40.2 Å². The molecular formula is C23H32ClN5O2. The molecule has 0 fully saturated rings. The van der Waals surface area contributed by atoms with Crippen molar-refractivity contribution >= 4 is 23.4 Å². The number of amides is 2. The van der Waals surface area contributed by atoms with Gasteiger partial charge in [-0.3, -0.25) is 9.59 Å². The molecule has 168 valence electrons. The highest BCUT2D eigenvalue weighted by atomic mass is 35.5. The normalized spacial score (nSPS) is 15.7. The Morgan fingerprint density at radius 2 is 1.94 bits per heavy atom. The smallest absolute Gasteiger partial charge is 0.272 e. The number of carbonyl (C=O) groups excluding carboxylic acids is 2. The Morgan fingerprint density at radius 3 is 2.58 bits per heavy atom. The van der Waals surface area contributed by atoms with Gasteiger partial charge in [0.05, 0.1) is 10.7 Å². The van der Waals surface area contributed by atoms with Gasteiger partial charge in [0.2, 0.25) is 5.91 Å². The van der Waals surface area contributed by atoms with E-state index in [1.165, 1.54) is 0 Å². The third kappa shape index (κ3) is 4.93. The first kappa shape index (κ1) is 23.3. The fourth-order valence-corrected chi connectivity index (χ4v) is 4.14. The number of likely N-dealkylation sites (N-methyl/N-ethyl adjacent to an activating group) is 1. The third-order valence-corrected chi connectivity index (χ3v) is 5.97. The Bertz CT molecular complexity index is 993. The highest BCUT2D eigenvalue weighted by Gasteiger charge is 2.34. The lowest BCUT2D eigenvalue weighted by molar-refractivity contribution is -0.124. The summed E-state index contributed by atoms with van der Waals surface area (Å²) in [6.07, 6.45) is 0.945. The maximum absolute atomic E-state index is 13.4. The average Bonchev–Trinajstić information content (AvgIpc) is 2.92. The summed E-state index contributed by atoms with van der Waals surface area (Å²) in [7, 11) is 3.61. The van der Waals surface area contributed by atoms with Crippen LogP contribution in [0.1, 0.15) is 48.9 Å². The SMILES string of the molecule is CNC(=O)[C@@H](NC(=O)c1nc(-c2cc(C)ccc2Cl)n2c1CN(C)CCC2)C(C)(C)C. The highest BCUT2D eigenvalue weighted by molar-refractivity contribution is 6.33. The number of rotatable bonds is 4. The van der Waals surface area contributed by atoms with Gasteiger partial charge in [0.15, 0.2) is 5.69 Å². The van der Waals surface area contributed by atoms with Gasteiger partial charge in [0.1, 0.15) is 11.9 Å². The molecule has 1 aliphatic rings. The molecule has 1 aromatic heterocycles. The predicted molar refractivity (Wildman–Crippen MR) is 123 cm³/mol. The molecule has 1 atom stereocenters. The lowest BCUT2D eigenvalue weighted by Crippen LogP contribution is -2.53. The number of hydrogen-bond donors (Lipinski definition) is 2. The van der Waals surface area contributed by atoms with E-state index >= 15 is 0 Å². The van der Waals surface area contributed by atoms with Gasteiger partial charge in [0, 0.05) is 25.7 Å². The van der Waals surface area contributed by atoms with Crippen molar-refractivity contribution in [1.29, 1.82) is 0 Å². The van der Waals surface area contributed by atoms with E-state index in [1.54, 1.807) is 7.05 Å². The summed E-state index contributed by atoms with van der Waals surface area (Å²) in [6, 6.07) is 5.13. The molecule has 1 aliphatic heterocycles. The Morgan fingerprint density at radius 1 is 1.23 bits per heavy atom. The first-order valence-corrected chi connectivity index (χ1v) is 11.0. The zero-order chi connectivity index (χ0) is 22.9. The van der Waals surface area contributed by atoms with Crippen LogP contribution in [0.3, 0.4) is 0 Å². The number of imidazole rings is 1. The van der Waals surface area contributed by atoms with Gasteiger partial charge >= 0.3 is 0 Å². The van der Waals surface area contributed by atoms with Crippen molar-refractivity contribution in [1.82, 2.24) is 25.1 Å². The van der Waals surface area contributed by atoms with Gasteiger partial charge in [-0.15, -0.1) is 0 Å². The topological polar surface area (TPSA) is 79.3 Å². The molecule has 0 radical (unpaired) electrons. The van der Waals surface area contributed by atoms with Crippen molar-refractivity contribution in [3.63, 3.8) is 0 Å². The van der Waals surface area contributed by atoms with Crippen LogP contribution in [0.25, 0.3) is 11.4 Å². The third-order valence-electron chi connectivity index (χ3n) is 5.64. The first-order valence-electron chi connectivity index (χ1n) is 10.6. The van der Waals surface area contributed by atoms with E-state index < -0.39 is 11.5 Å². The minimum Gasteiger partial charge on any atom is -0.357 e. The molecule has 0 saturated heterocycles. The molecule has 3 rings (SSSR count). The number of halogens is 1. The van der Waals surface area contributed by atoms with Crippen LogP contribution in [-0.2, 0) is 17.9 Å². The standard InChI is InChI=1S/C23H32ClN5O2/c1-14-8-9-16(24)15(12-14)20-26-18(17-13-28(6)10-7-11-29(17)20)21(30)27-19(22(31)25-5)23(2,3)4/h8-9,12,19H,7,10-11,13H2,1-6H3,(H,25,31)(H,27,30)/t19-/m1/s1. The highest BCUT2D eigenvalue weighted by Crippen LogP contribution is 2.32. The minimum absolute atomic E-state index is 0.231. The molecule has 0 aliphatic carbocycles. The molecule has 2 aromatic rings. The molecule has 1 aromatic carbocycles. The molecule has 2 heterocycles. The van der Waals surface area contributed by atoms with Gasteiger partial charge in [-0.05, 0) is 44.5 Å². The Labute approximate surface area is 189 Å². The maximum atomic E-state index is 13.4. The second-order valence-corrected chi connectivity index (χ2v) is 9.75. The summed E-state index contributed by atoms with van der Waals surface area (Å²) in [5.41, 5.74) is 2.62. The van der Waals surface area contributed by atoms with E-state index in [1.807, 2.05) is 52.9 Å². The number of benzene rings is 1. The van der Waals surface area contributed by atoms with Gasteiger partial charge in [0.25, 0.3) is 5.91 Å². The number of nitrogens with zero attached hydrogens (tertiary/aromatic N) is 3. The van der Waals surface area contributed by atoms with Crippen molar-refractivity contribution in [2.45, 2.75) is 53.2 Å². The molecule has 2 amide bonds. The van der Waals surface area contributed by atoms with Gasteiger partial charge in [-0.2, -0.15) is 0 Å². The zero-order valence-corrected chi connectivity index (χ0v) is 19.9. The van der Waals surface area contributed by atoms with E-state index in [4.69, 9.17) is 16.6 Å². The molecular weight excluding hydrogens is 414 g/mol. The zero-order valence-electron chi connectivity index (χ0n) is 19.2. The fraction of sp³-hybridized carbons (Fsp3) is 0.522. The molecule has 7 nitrogen and oxygen atoms in total. The maximum Gasteiger partial charge on any atom is 0.272 e. The Hall–Kier alpha value is -2.38. The largest absolute Gasteiger partial charge is 0.357 e. The number of fused-ring (bicyclic) bond motifs is 1. The van der Waals surface area contributed by atoms with Crippen molar-refractivity contribution in [2.75, 3.05) is 20.6 Å². The summed E-state index contributed by atoms with van der Waals surface area (Å²) < 4.78 is 2.10. The molecule has 0 bridgehead atoms. The molecule has 0 saturated carbocycles. The van der Waals surface area contributed by atoms with Gasteiger partial charge in [-0.1, -0.05) is 44.0 Å². The van der Waals surface area contributed by atoms with Crippen LogP contribution < -0.4 is 10.6 Å². The van der Waals surface area contributed by atoms with Crippen LogP contribution in [0.15, 0.2) is 18.2 Å². The molecule has 8 heteroatoms. The van der Waals surface area contributed by atoms with Crippen molar-refractivity contribution in [3.8, 4) is 11.4 Å². The lowest BCUT2D eigenvalue weighted by Gasteiger charge is -2.29. The van der Waals surface area contributed by atoms with Crippen LogP contribution in [0, 0.1) is 12.3 Å². The lowest BCUT2D eigenvalue weighted by atomic mass is 9.86. The van der Waals surface area contributed by atoms with Gasteiger partial charge < -0.3 is 20.1 Å². The Balaban J connectivity index is 2.10. The number of nitrogens with one attached hydrogen (secondary N) is 2. The molecule has 31 heavy (non-hydrogen) atoms. The quantitative estimate of drug-likeness (QED) is 0.757. The summed E-state index contributed by atoms with van der Waals surface area (Å²) >= 11 is 6.52. The second-order valence-electron chi connectivity index (χ2n) is 9.34. The number of aryl methyl sites for hydroxylation is 1. The summed E-state index contributed by atoms with van der Waals surface area (Å²) in [6.45, 7) is 10.0. The number of hydrogen-bond acceptors (Lipinski definition) is 4. The first-order chi connectivity index (χ1) is 14.5. The van der Waals surface area contributed by atoms with Crippen LogP contribution in [0.2, 0.25) is 5.02 Å². The van der Waals surface area contributed by atoms with E-state index in [9.17, 15) is 9.59 Å². The van der Waals surface area contributed by atoms with Crippen LogP contribution >= 0.6 is 11.6 Å².